The fraction of sp³-hybridized carbons (Fsp3) is 0.333. The van der Waals surface area contributed by atoms with Gasteiger partial charge in [-0.05, 0) is 31.1 Å². The average molecular weight is 258 g/mol. The van der Waals surface area contributed by atoms with E-state index in [2.05, 4.69) is 5.32 Å². The van der Waals surface area contributed by atoms with Crippen molar-refractivity contribution >= 4 is 28.9 Å². The van der Waals surface area contributed by atoms with E-state index < -0.39 is 0 Å². The number of ether oxygens (including phenoxy) is 1. The molecule has 0 radical (unpaired) electrons. The Hall–Kier alpha value is -0.860. The van der Waals surface area contributed by atoms with E-state index in [-0.39, 0.29) is 6.10 Å². The van der Waals surface area contributed by atoms with Gasteiger partial charge in [0, 0.05) is 0 Å². The maximum Gasteiger partial charge on any atom is 0.115 e. The largest absolute Gasteiger partial charge is 0.497 e. The van der Waals surface area contributed by atoms with Crippen molar-refractivity contribution in [1.82, 2.24) is 0 Å². The lowest BCUT2D eigenvalue weighted by Gasteiger charge is -2.20. The van der Waals surface area contributed by atoms with Gasteiger partial charge in [0.1, 0.15) is 6.10 Å². The van der Waals surface area contributed by atoms with Gasteiger partial charge in [-0.15, -0.1) is 0 Å². The van der Waals surface area contributed by atoms with Crippen LogP contribution in [-0.2, 0) is 4.74 Å². The highest BCUT2D eigenvalue weighted by atomic mass is 35.5. The molecule has 16 heavy (non-hydrogen) atoms. The molecule has 1 aliphatic rings. The van der Waals surface area contributed by atoms with E-state index in [1.807, 2.05) is 18.2 Å². The molecule has 0 saturated heterocycles. The number of anilines is 1. The number of hydrogen-bond acceptors (Lipinski definition) is 2. The molecule has 0 aliphatic carbocycles. The third-order valence-electron chi connectivity index (χ3n) is 2.49. The fourth-order valence-electron chi connectivity index (χ4n) is 1.60. The SMILES string of the molecule is Clc1cccc(NCC2CCC=CO2)c1Cl. The number of hydrogen-bond donors (Lipinski definition) is 1. The van der Waals surface area contributed by atoms with E-state index in [0.717, 1.165) is 25.1 Å². The molecule has 1 heterocycles. The Morgan fingerprint density at radius 3 is 3.00 bits per heavy atom. The maximum atomic E-state index is 6.06. The van der Waals surface area contributed by atoms with Crippen molar-refractivity contribution in [2.45, 2.75) is 18.9 Å². The van der Waals surface area contributed by atoms with Gasteiger partial charge in [0.25, 0.3) is 0 Å². The number of benzene rings is 1. The van der Waals surface area contributed by atoms with Gasteiger partial charge < -0.3 is 10.1 Å². The van der Waals surface area contributed by atoms with Gasteiger partial charge in [-0.1, -0.05) is 29.3 Å². The second-order valence-electron chi connectivity index (χ2n) is 3.69. The second-order valence-corrected chi connectivity index (χ2v) is 4.47. The summed E-state index contributed by atoms with van der Waals surface area (Å²) in [6.07, 6.45) is 6.09. The van der Waals surface area contributed by atoms with Crippen molar-refractivity contribution in [2.75, 3.05) is 11.9 Å². The zero-order chi connectivity index (χ0) is 11.4. The minimum Gasteiger partial charge on any atom is -0.497 e. The molecule has 1 aromatic carbocycles. The van der Waals surface area contributed by atoms with Gasteiger partial charge in [-0.3, -0.25) is 0 Å². The highest BCUT2D eigenvalue weighted by molar-refractivity contribution is 6.43. The number of halogens is 2. The van der Waals surface area contributed by atoms with Crippen LogP contribution in [0, 0.1) is 0 Å². The minimum atomic E-state index is 0.208. The van der Waals surface area contributed by atoms with Crippen molar-refractivity contribution in [2.24, 2.45) is 0 Å². The second kappa shape index (κ2) is 5.46. The molecule has 1 aliphatic heterocycles. The van der Waals surface area contributed by atoms with Crippen LogP contribution in [0.4, 0.5) is 5.69 Å². The van der Waals surface area contributed by atoms with Crippen LogP contribution >= 0.6 is 23.2 Å². The molecule has 0 bridgehead atoms. The third kappa shape index (κ3) is 2.83. The third-order valence-corrected chi connectivity index (χ3v) is 3.31. The standard InChI is InChI=1S/C12H13Cl2NO/c13-10-5-3-6-11(12(10)14)15-8-9-4-1-2-7-16-9/h2-3,5-7,9,15H,1,4,8H2. The van der Waals surface area contributed by atoms with Crippen LogP contribution in [0.3, 0.4) is 0 Å². The molecule has 1 atom stereocenters. The van der Waals surface area contributed by atoms with Gasteiger partial charge in [-0.25, -0.2) is 0 Å². The molecular weight excluding hydrogens is 245 g/mol. The predicted octanol–water partition coefficient (Wildman–Crippen LogP) is 4.10. The first kappa shape index (κ1) is 11.6. The zero-order valence-corrected chi connectivity index (χ0v) is 10.3. The molecule has 0 spiro atoms. The van der Waals surface area contributed by atoms with E-state index >= 15 is 0 Å². The average Bonchev–Trinajstić information content (AvgIpc) is 2.32. The van der Waals surface area contributed by atoms with Crippen LogP contribution in [0.2, 0.25) is 10.0 Å². The van der Waals surface area contributed by atoms with Crippen molar-refractivity contribution in [1.29, 1.82) is 0 Å². The lowest BCUT2D eigenvalue weighted by Crippen LogP contribution is -2.23. The monoisotopic (exact) mass is 257 g/mol. The quantitative estimate of drug-likeness (QED) is 0.881. The van der Waals surface area contributed by atoms with Gasteiger partial charge in [0.05, 0.1) is 28.5 Å². The molecule has 2 rings (SSSR count). The van der Waals surface area contributed by atoms with Crippen LogP contribution < -0.4 is 5.32 Å². The topological polar surface area (TPSA) is 21.3 Å². The van der Waals surface area contributed by atoms with E-state index in [1.54, 1.807) is 12.3 Å². The summed E-state index contributed by atoms with van der Waals surface area (Å²) < 4.78 is 5.45. The number of rotatable bonds is 3. The Kier molecular flexibility index (Phi) is 3.97. The van der Waals surface area contributed by atoms with Crippen molar-refractivity contribution in [3.8, 4) is 0 Å². The highest BCUT2D eigenvalue weighted by Gasteiger charge is 2.11. The normalized spacial score (nSPS) is 19.2. The summed E-state index contributed by atoms with van der Waals surface area (Å²) in [6, 6.07) is 5.56. The Morgan fingerprint density at radius 1 is 1.38 bits per heavy atom. The fourth-order valence-corrected chi connectivity index (χ4v) is 1.97. The van der Waals surface area contributed by atoms with Gasteiger partial charge in [-0.2, -0.15) is 0 Å². The lowest BCUT2D eigenvalue weighted by atomic mass is 10.1. The lowest BCUT2D eigenvalue weighted by molar-refractivity contribution is 0.135. The zero-order valence-electron chi connectivity index (χ0n) is 8.75. The van der Waals surface area contributed by atoms with Crippen molar-refractivity contribution < 1.29 is 4.74 Å². The Balaban J connectivity index is 1.94. The van der Waals surface area contributed by atoms with Crippen molar-refractivity contribution in [3.05, 3.63) is 40.6 Å². The van der Waals surface area contributed by atoms with Crippen LogP contribution in [0.1, 0.15) is 12.8 Å². The molecule has 4 heteroatoms. The van der Waals surface area contributed by atoms with Crippen LogP contribution in [0.5, 0.6) is 0 Å². The minimum absolute atomic E-state index is 0.208. The smallest absolute Gasteiger partial charge is 0.115 e. The number of nitrogens with one attached hydrogen (secondary N) is 1. The van der Waals surface area contributed by atoms with E-state index in [0.29, 0.717) is 10.0 Å². The van der Waals surface area contributed by atoms with E-state index in [1.165, 1.54) is 0 Å². The molecular formula is C12H13Cl2NO. The molecule has 1 aromatic rings. The maximum absolute atomic E-state index is 6.06. The summed E-state index contributed by atoms with van der Waals surface area (Å²) in [5, 5.41) is 4.38. The first-order chi connectivity index (χ1) is 7.77. The Bertz CT molecular complexity index is 393. The summed E-state index contributed by atoms with van der Waals surface area (Å²) in [4.78, 5) is 0. The van der Waals surface area contributed by atoms with Crippen molar-refractivity contribution in [3.63, 3.8) is 0 Å². The summed E-state index contributed by atoms with van der Waals surface area (Å²) in [5.41, 5.74) is 0.854. The van der Waals surface area contributed by atoms with Gasteiger partial charge >= 0.3 is 0 Å². The van der Waals surface area contributed by atoms with Crippen LogP contribution in [0.25, 0.3) is 0 Å². The molecule has 0 amide bonds. The highest BCUT2D eigenvalue weighted by Crippen LogP contribution is 2.29. The predicted molar refractivity (Wildman–Crippen MR) is 68.2 cm³/mol. The van der Waals surface area contributed by atoms with Crippen LogP contribution in [-0.4, -0.2) is 12.6 Å². The molecule has 0 aromatic heterocycles. The first-order valence-electron chi connectivity index (χ1n) is 5.26. The Morgan fingerprint density at radius 2 is 2.25 bits per heavy atom. The number of allylic oxidation sites excluding steroid dienone is 1. The molecule has 0 saturated carbocycles. The van der Waals surface area contributed by atoms with E-state index in [4.69, 9.17) is 27.9 Å². The molecule has 86 valence electrons. The van der Waals surface area contributed by atoms with E-state index in [9.17, 15) is 0 Å². The Labute approximate surface area is 105 Å². The first-order valence-corrected chi connectivity index (χ1v) is 6.01. The molecule has 2 nitrogen and oxygen atoms in total. The van der Waals surface area contributed by atoms with Gasteiger partial charge in [0.15, 0.2) is 0 Å². The molecule has 1 N–H and O–H groups in total. The molecule has 0 fully saturated rings. The summed E-state index contributed by atoms with van der Waals surface area (Å²) >= 11 is 12.0. The van der Waals surface area contributed by atoms with Gasteiger partial charge in [0.2, 0.25) is 0 Å². The van der Waals surface area contributed by atoms with Crippen LogP contribution in [0.15, 0.2) is 30.5 Å². The molecule has 1 unspecified atom stereocenters. The summed E-state index contributed by atoms with van der Waals surface area (Å²) in [6.45, 7) is 0.740. The summed E-state index contributed by atoms with van der Waals surface area (Å²) in [5.74, 6) is 0. The summed E-state index contributed by atoms with van der Waals surface area (Å²) in [7, 11) is 0.